The van der Waals surface area contributed by atoms with Crippen molar-refractivity contribution in [2.45, 2.75) is 45.6 Å². The van der Waals surface area contributed by atoms with Gasteiger partial charge >= 0.3 is 0 Å². The van der Waals surface area contributed by atoms with Crippen LogP contribution in [0.25, 0.3) is 11.0 Å². The monoisotopic (exact) mass is 306 g/mol. The van der Waals surface area contributed by atoms with E-state index in [2.05, 4.69) is 17.6 Å². The second-order valence-electron chi connectivity index (χ2n) is 6.16. The molecule has 1 fully saturated rings. The standard InChI is InChI=1S/C17H23ClN2O/c1-3-7-17(8-9-17)12-20-15-5-4-13(21-2)11-14(15)19-16(20)6-10-18/h4-5,11H,3,6-10,12H2,1-2H3. The number of methoxy groups -OCH3 is 1. The topological polar surface area (TPSA) is 27.1 Å². The van der Waals surface area contributed by atoms with Crippen LogP contribution in [0.1, 0.15) is 38.4 Å². The normalized spacial score (nSPS) is 16.3. The zero-order valence-corrected chi connectivity index (χ0v) is 13.6. The molecule has 0 bridgehead atoms. The molecule has 0 spiro atoms. The molecule has 1 aromatic carbocycles. The molecule has 2 aromatic rings. The van der Waals surface area contributed by atoms with Gasteiger partial charge in [-0.1, -0.05) is 13.3 Å². The SMILES string of the molecule is CCCC1(Cn2c(CCCl)nc3cc(OC)ccc32)CC1. The molecule has 0 unspecified atom stereocenters. The molecular weight excluding hydrogens is 284 g/mol. The molecule has 0 radical (unpaired) electrons. The number of ether oxygens (including phenoxy) is 1. The minimum absolute atomic E-state index is 0.503. The molecule has 21 heavy (non-hydrogen) atoms. The van der Waals surface area contributed by atoms with Crippen molar-refractivity contribution in [3.05, 3.63) is 24.0 Å². The molecule has 3 nitrogen and oxygen atoms in total. The van der Waals surface area contributed by atoms with Crippen molar-refractivity contribution in [1.29, 1.82) is 0 Å². The molecule has 114 valence electrons. The lowest BCUT2D eigenvalue weighted by molar-refractivity contribution is 0.387. The van der Waals surface area contributed by atoms with Crippen LogP contribution in [0, 0.1) is 5.41 Å². The zero-order valence-electron chi connectivity index (χ0n) is 12.9. The van der Waals surface area contributed by atoms with Crippen LogP contribution < -0.4 is 4.74 Å². The number of nitrogens with zero attached hydrogens (tertiary/aromatic N) is 2. The van der Waals surface area contributed by atoms with Crippen molar-refractivity contribution in [1.82, 2.24) is 9.55 Å². The molecule has 1 aliphatic rings. The average Bonchev–Trinajstić information content (AvgIpc) is 3.16. The van der Waals surface area contributed by atoms with Gasteiger partial charge in [0.15, 0.2) is 0 Å². The van der Waals surface area contributed by atoms with Crippen LogP contribution in [0.4, 0.5) is 0 Å². The molecule has 0 amide bonds. The summed E-state index contributed by atoms with van der Waals surface area (Å²) < 4.78 is 7.70. The Kier molecular flexibility index (Phi) is 4.12. The van der Waals surface area contributed by atoms with E-state index in [4.69, 9.17) is 21.3 Å². The average molecular weight is 307 g/mol. The first-order chi connectivity index (χ1) is 10.2. The summed E-state index contributed by atoms with van der Waals surface area (Å²) in [7, 11) is 1.69. The molecular formula is C17H23ClN2O. The summed E-state index contributed by atoms with van der Waals surface area (Å²) in [5.41, 5.74) is 2.73. The van der Waals surface area contributed by atoms with Gasteiger partial charge in [-0.25, -0.2) is 4.98 Å². The summed E-state index contributed by atoms with van der Waals surface area (Å²) in [5, 5.41) is 0. The Morgan fingerprint density at radius 3 is 2.81 bits per heavy atom. The molecule has 1 heterocycles. The molecule has 4 heteroatoms. The van der Waals surface area contributed by atoms with Crippen molar-refractivity contribution in [3.8, 4) is 5.75 Å². The fourth-order valence-corrected chi connectivity index (χ4v) is 3.44. The van der Waals surface area contributed by atoms with Crippen molar-refractivity contribution in [2.75, 3.05) is 13.0 Å². The van der Waals surface area contributed by atoms with Gasteiger partial charge in [-0.3, -0.25) is 0 Å². The van der Waals surface area contributed by atoms with Crippen molar-refractivity contribution < 1.29 is 4.74 Å². The quantitative estimate of drug-likeness (QED) is 0.709. The van der Waals surface area contributed by atoms with E-state index in [0.717, 1.165) is 30.1 Å². The molecule has 1 aromatic heterocycles. The lowest BCUT2D eigenvalue weighted by Gasteiger charge is -2.17. The highest BCUT2D eigenvalue weighted by Gasteiger charge is 2.42. The van der Waals surface area contributed by atoms with Gasteiger partial charge < -0.3 is 9.30 Å². The van der Waals surface area contributed by atoms with Crippen LogP contribution in [-0.4, -0.2) is 22.5 Å². The second-order valence-corrected chi connectivity index (χ2v) is 6.54. The van der Waals surface area contributed by atoms with Crippen LogP contribution in [0.2, 0.25) is 0 Å². The van der Waals surface area contributed by atoms with Gasteiger partial charge in [0.05, 0.1) is 18.1 Å². The van der Waals surface area contributed by atoms with Crippen molar-refractivity contribution >= 4 is 22.6 Å². The Bertz CT molecular complexity index is 631. The summed E-state index contributed by atoms with van der Waals surface area (Å²) in [6.07, 6.45) is 6.07. The molecule has 0 N–H and O–H groups in total. The maximum absolute atomic E-state index is 5.96. The Morgan fingerprint density at radius 1 is 1.38 bits per heavy atom. The van der Waals surface area contributed by atoms with Crippen LogP contribution in [-0.2, 0) is 13.0 Å². The van der Waals surface area contributed by atoms with E-state index in [9.17, 15) is 0 Å². The number of aromatic nitrogens is 2. The maximum atomic E-state index is 5.96. The number of hydrogen-bond acceptors (Lipinski definition) is 2. The van der Waals surface area contributed by atoms with Crippen LogP contribution >= 0.6 is 11.6 Å². The van der Waals surface area contributed by atoms with Crippen LogP contribution in [0.3, 0.4) is 0 Å². The minimum atomic E-state index is 0.503. The number of benzene rings is 1. The predicted octanol–water partition coefficient (Wildman–Crippen LogP) is 4.41. The van der Waals surface area contributed by atoms with E-state index in [1.807, 2.05) is 12.1 Å². The van der Waals surface area contributed by atoms with E-state index in [0.29, 0.717) is 11.3 Å². The second kappa shape index (κ2) is 5.88. The van der Waals surface area contributed by atoms with Gasteiger partial charge in [0.1, 0.15) is 11.6 Å². The van der Waals surface area contributed by atoms with Gasteiger partial charge in [0.2, 0.25) is 0 Å². The largest absolute Gasteiger partial charge is 0.497 e. The van der Waals surface area contributed by atoms with Crippen molar-refractivity contribution in [2.24, 2.45) is 5.41 Å². The highest BCUT2D eigenvalue weighted by molar-refractivity contribution is 6.17. The minimum Gasteiger partial charge on any atom is -0.497 e. The van der Waals surface area contributed by atoms with E-state index < -0.39 is 0 Å². The fourth-order valence-electron chi connectivity index (χ4n) is 3.27. The molecule has 3 rings (SSSR count). The third kappa shape index (κ3) is 2.89. The van der Waals surface area contributed by atoms with E-state index in [1.54, 1.807) is 7.11 Å². The molecule has 0 atom stereocenters. The fraction of sp³-hybridized carbons (Fsp3) is 0.588. The number of fused-ring (bicyclic) bond motifs is 1. The van der Waals surface area contributed by atoms with Crippen LogP contribution in [0.5, 0.6) is 5.75 Å². The summed E-state index contributed by atoms with van der Waals surface area (Å²) in [4.78, 5) is 4.78. The van der Waals surface area contributed by atoms with Gasteiger partial charge in [-0.05, 0) is 36.8 Å². The predicted molar refractivity (Wildman–Crippen MR) is 87.3 cm³/mol. The summed E-state index contributed by atoms with van der Waals surface area (Å²) in [5.74, 6) is 2.58. The number of rotatable bonds is 7. The first-order valence-corrected chi connectivity index (χ1v) is 8.34. The Morgan fingerprint density at radius 2 is 2.19 bits per heavy atom. The third-order valence-electron chi connectivity index (χ3n) is 4.58. The van der Waals surface area contributed by atoms with Gasteiger partial charge in [-0.15, -0.1) is 11.6 Å². The summed E-state index contributed by atoms with van der Waals surface area (Å²) >= 11 is 5.96. The number of imidazole rings is 1. The lowest BCUT2D eigenvalue weighted by Crippen LogP contribution is -2.14. The summed E-state index contributed by atoms with van der Waals surface area (Å²) in [6, 6.07) is 6.16. The maximum Gasteiger partial charge on any atom is 0.121 e. The van der Waals surface area contributed by atoms with Gasteiger partial charge in [0.25, 0.3) is 0 Å². The number of halogens is 1. The van der Waals surface area contributed by atoms with Crippen LogP contribution in [0.15, 0.2) is 18.2 Å². The molecule has 0 aliphatic heterocycles. The highest BCUT2D eigenvalue weighted by Crippen LogP contribution is 2.51. The number of alkyl halides is 1. The van der Waals surface area contributed by atoms with E-state index >= 15 is 0 Å². The Labute approximate surface area is 131 Å². The van der Waals surface area contributed by atoms with E-state index in [-0.39, 0.29) is 0 Å². The Hall–Kier alpha value is -1.22. The third-order valence-corrected chi connectivity index (χ3v) is 4.77. The van der Waals surface area contributed by atoms with E-state index in [1.165, 1.54) is 31.2 Å². The van der Waals surface area contributed by atoms with Gasteiger partial charge in [-0.2, -0.15) is 0 Å². The molecule has 1 aliphatic carbocycles. The first-order valence-electron chi connectivity index (χ1n) is 7.80. The Balaban J connectivity index is 1.99. The molecule has 0 saturated heterocycles. The van der Waals surface area contributed by atoms with Gasteiger partial charge in [0, 0.05) is 24.9 Å². The number of hydrogen-bond donors (Lipinski definition) is 0. The highest BCUT2D eigenvalue weighted by atomic mass is 35.5. The zero-order chi connectivity index (χ0) is 14.9. The van der Waals surface area contributed by atoms with Crippen molar-refractivity contribution in [3.63, 3.8) is 0 Å². The number of aryl methyl sites for hydroxylation is 1. The lowest BCUT2D eigenvalue weighted by atomic mass is 10.0. The smallest absolute Gasteiger partial charge is 0.121 e. The first kappa shape index (κ1) is 14.7. The molecule has 1 saturated carbocycles. The summed E-state index contributed by atoms with van der Waals surface area (Å²) in [6.45, 7) is 3.35.